The van der Waals surface area contributed by atoms with Gasteiger partial charge in [0.1, 0.15) is 18.9 Å². The molecule has 32 heavy (non-hydrogen) atoms. The minimum absolute atomic E-state index is 0.0156. The molecule has 0 aliphatic carbocycles. The van der Waals surface area contributed by atoms with Crippen molar-refractivity contribution < 1.29 is 23.9 Å². The van der Waals surface area contributed by atoms with Crippen molar-refractivity contribution in [1.29, 1.82) is 0 Å². The van der Waals surface area contributed by atoms with E-state index in [4.69, 9.17) is 9.47 Å². The third-order valence-electron chi connectivity index (χ3n) is 5.64. The van der Waals surface area contributed by atoms with E-state index in [0.29, 0.717) is 37.6 Å². The molecule has 2 amide bonds. The fraction of sp³-hybridized carbons (Fsp3) is 0.375. The van der Waals surface area contributed by atoms with Crippen molar-refractivity contribution in [2.75, 3.05) is 50.8 Å². The van der Waals surface area contributed by atoms with Crippen LogP contribution < -0.4 is 9.64 Å². The molecule has 2 aliphatic heterocycles. The van der Waals surface area contributed by atoms with Gasteiger partial charge >= 0.3 is 5.97 Å². The Hall–Kier alpha value is -3.39. The van der Waals surface area contributed by atoms with Crippen LogP contribution >= 0.6 is 0 Å². The molecule has 1 fully saturated rings. The molecule has 0 bridgehead atoms. The molecule has 0 radical (unpaired) electrons. The smallest absolute Gasteiger partial charge is 0.320 e. The van der Waals surface area contributed by atoms with E-state index in [1.54, 1.807) is 17.0 Å². The van der Waals surface area contributed by atoms with Crippen LogP contribution in [0.1, 0.15) is 12.0 Å². The molecule has 168 valence electrons. The van der Waals surface area contributed by atoms with Crippen molar-refractivity contribution in [1.82, 2.24) is 9.80 Å². The lowest BCUT2D eigenvalue weighted by Crippen LogP contribution is -2.47. The molecule has 0 unspecified atom stereocenters. The number of nitrogens with zero attached hydrogens (tertiary/aromatic N) is 3. The maximum atomic E-state index is 12.9. The third-order valence-corrected chi connectivity index (χ3v) is 5.64. The molecule has 2 heterocycles. The highest BCUT2D eigenvalue weighted by molar-refractivity contribution is 6.02. The second-order valence-electron chi connectivity index (χ2n) is 7.89. The van der Waals surface area contributed by atoms with Crippen LogP contribution in [0.5, 0.6) is 5.75 Å². The highest BCUT2D eigenvalue weighted by atomic mass is 16.5. The van der Waals surface area contributed by atoms with E-state index in [1.807, 2.05) is 47.4 Å². The Morgan fingerprint density at radius 3 is 2.53 bits per heavy atom. The second kappa shape index (κ2) is 10.3. The van der Waals surface area contributed by atoms with E-state index in [9.17, 15) is 14.4 Å². The molecule has 0 spiro atoms. The number of hydrogen-bond donors (Lipinski definition) is 0. The topological polar surface area (TPSA) is 79.4 Å². The Kier molecular flexibility index (Phi) is 7.01. The number of para-hydroxylation sites is 2. The molecule has 2 aromatic rings. The summed E-state index contributed by atoms with van der Waals surface area (Å²) in [6.45, 7) is 2.77. The summed E-state index contributed by atoms with van der Waals surface area (Å²) < 4.78 is 10.8. The van der Waals surface area contributed by atoms with E-state index in [0.717, 1.165) is 12.0 Å². The number of hydrogen-bond acceptors (Lipinski definition) is 6. The minimum atomic E-state index is -0.274. The first-order valence-corrected chi connectivity index (χ1v) is 10.8. The first kappa shape index (κ1) is 21.8. The summed E-state index contributed by atoms with van der Waals surface area (Å²) in [6.07, 6.45) is 0.755. The maximum Gasteiger partial charge on any atom is 0.320 e. The van der Waals surface area contributed by atoms with Gasteiger partial charge in [-0.1, -0.05) is 42.5 Å². The Morgan fingerprint density at radius 1 is 0.906 bits per heavy atom. The van der Waals surface area contributed by atoms with E-state index in [1.165, 1.54) is 4.90 Å². The van der Waals surface area contributed by atoms with Gasteiger partial charge in [-0.25, -0.2) is 0 Å². The second-order valence-corrected chi connectivity index (χ2v) is 7.89. The van der Waals surface area contributed by atoms with Gasteiger partial charge in [-0.15, -0.1) is 0 Å². The molecule has 0 saturated carbocycles. The lowest BCUT2D eigenvalue weighted by molar-refractivity contribution is -0.146. The molecular weight excluding hydrogens is 410 g/mol. The summed E-state index contributed by atoms with van der Waals surface area (Å²) in [5.74, 6) is -0.00155. The molecule has 0 aromatic heterocycles. The highest BCUT2D eigenvalue weighted by Gasteiger charge is 2.29. The van der Waals surface area contributed by atoms with Gasteiger partial charge in [-0.2, -0.15) is 0 Å². The molecule has 0 atom stereocenters. The summed E-state index contributed by atoms with van der Waals surface area (Å²) in [6, 6.07) is 16.8. The fourth-order valence-electron chi connectivity index (χ4n) is 3.91. The molecule has 2 aromatic carbocycles. The van der Waals surface area contributed by atoms with Gasteiger partial charge in [0.25, 0.3) is 5.91 Å². The predicted octanol–water partition coefficient (Wildman–Crippen LogP) is 1.69. The summed E-state index contributed by atoms with van der Waals surface area (Å²) in [7, 11) is 0. The van der Waals surface area contributed by atoms with Gasteiger partial charge in [-0.05, 0) is 24.1 Å². The SMILES string of the molecule is O=C(CN1CCCN(C(=O)CN2C(=O)COc3ccccc32)CC1)OCc1ccccc1. The molecule has 0 N–H and O–H groups in total. The number of rotatable bonds is 6. The molecule has 1 saturated heterocycles. The monoisotopic (exact) mass is 437 g/mol. The maximum absolute atomic E-state index is 12.9. The van der Waals surface area contributed by atoms with Crippen LogP contribution in [0.15, 0.2) is 54.6 Å². The van der Waals surface area contributed by atoms with Gasteiger partial charge < -0.3 is 14.4 Å². The minimum Gasteiger partial charge on any atom is -0.482 e. The molecule has 8 nitrogen and oxygen atoms in total. The van der Waals surface area contributed by atoms with Crippen LogP contribution in [0, 0.1) is 0 Å². The first-order valence-electron chi connectivity index (χ1n) is 10.8. The quantitative estimate of drug-likeness (QED) is 0.640. The Morgan fingerprint density at radius 2 is 1.69 bits per heavy atom. The zero-order chi connectivity index (χ0) is 22.3. The average Bonchev–Trinajstić information content (AvgIpc) is 3.06. The normalized spacial score (nSPS) is 16.7. The number of ether oxygens (including phenoxy) is 2. The first-order chi connectivity index (χ1) is 15.6. The molecule has 4 rings (SSSR count). The van der Waals surface area contributed by atoms with Crippen LogP contribution in [0.2, 0.25) is 0 Å². The van der Waals surface area contributed by atoms with Crippen molar-refractivity contribution in [2.24, 2.45) is 0 Å². The van der Waals surface area contributed by atoms with Crippen molar-refractivity contribution in [3.05, 3.63) is 60.2 Å². The van der Waals surface area contributed by atoms with Gasteiger partial charge in [0.2, 0.25) is 5.91 Å². The zero-order valence-electron chi connectivity index (χ0n) is 17.9. The summed E-state index contributed by atoms with van der Waals surface area (Å²) in [5.41, 5.74) is 1.57. The fourth-order valence-corrected chi connectivity index (χ4v) is 3.91. The van der Waals surface area contributed by atoms with E-state index >= 15 is 0 Å². The number of carbonyl (C=O) groups is 3. The Bertz CT molecular complexity index is 965. The number of esters is 1. The number of anilines is 1. The largest absolute Gasteiger partial charge is 0.482 e. The molecule has 8 heteroatoms. The van der Waals surface area contributed by atoms with Crippen LogP contribution in [0.25, 0.3) is 0 Å². The Labute approximate surface area is 187 Å². The van der Waals surface area contributed by atoms with Gasteiger partial charge in [0.15, 0.2) is 6.61 Å². The Balaban J connectivity index is 1.27. The highest BCUT2D eigenvalue weighted by Crippen LogP contribution is 2.31. The average molecular weight is 437 g/mol. The zero-order valence-corrected chi connectivity index (χ0v) is 17.9. The van der Waals surface area contributed by atoms with Crippen LogP contribution in [0.3, 0.4) is 0 Å². The van der Waals surface area contributed by atoms with E-state index in [2.05, 4.69) is 0 Å². The van der Waals surface area contributed by atoms with Crippen LogP contribution in [0.4, 0.5) is 5.69 Å². The summed E-state index contributed by atoms with van der Waals surface area (Å²) in [4.78, 5) is 42.8. The number of benzene rings is 2. The van der Waals surface area contributed by atoms with Gasteiger partial charge in [-0.3, -0.25) is 24.2 Å². The van der Waals surface area contributed by atoms with Crippen LogP contribution in [-0.2, 0) is 25.7 Å². The predicted molar refractivity (Wildman–Crippen MR) is 118 cm³/mol. The molecular formula is C24H27N3O5. The van der Waals surface area contributed by atoms with Crippen molar-refractivity contribution in [2.45, 2.75) is 13.0 Å². The van der Waals surface area contributed by atoms with Crippen LogP contribution in [-0.4, -0.2) is 73.5 Å². The number of fused-ring (bicyclic) bond motifs is 1. The van der Waals surface area contributed by atoms with E-state index in [-0.39, 0.29) is 44.1 Å². The lowest BCUT2D eigenvalue weighted by atomic mass is 10.2. The summed E-state index contributed by atoms with van der Waals surface area (Å²) in [5, 5.41) is 0. The van der Waals surface area contributed by atoms with E-state index < -0.39 is 0 Å². The van der Waals surface area contributed by atoms with Crippen molar-refractivity contribution in [3.63, 3.8) is 0 Å². The molecule has 2 aliphatic rings. The van der Waals surface area contributed by atoms with Crippen molar-refractivity contribution >= 4 is 23.5 Å². The van der Waals surface area contributed by atoms with Gasteiger partial charge in [0, 0.05) is 26.2 Å². The number of amides is 2. The standard InChI is InChI=1S/C24H27N3O5/c28-22(15-27-20-9-4-5-10-21(20)31-18-23(27)29)26-12-6-11-25(13-14-26)16-24(30)32-17-19-7-2-1-3-8-19/h1-5,7-10H,6,11-18H2. The lowest BCUT2D eigenvalue weighted by Gasteiger charge is -2.31. The van der Waals surface area contributed by atoms with Gasteiger partial charge in [0.05, 0.1) is 12.2 Å². The number of carbonyl (C=O) groups excluding carboxylic acids is 3. The van der Waals surface area contributed by atoms with Crippen molar-refractivity contribution in [3.8, 4) is 5.75 Å². The third kappa shape index (κ3) is 5.45. The summed E-state index contributed by atoms with van der Waals surface area (Å²) >= 11 is 0.